The molecule has 0 spiro atoms. The third kappa shape index (κ3) is 9.34. The molecule has 6 nitrogen and oxygen atoms in total. The maximum atomic E-state index is 12.4. The van der Waals surface area contributed by atoms with E-state index in [1.807, 2.05) is 36.4 Å². The molecule has 4 aromatic carbocycles. The van der Waals surface area contributed by atoms with Crippen LogP contribution in [0, 0.1) is 0 Å². The Balaban J connectivity index is 1.08. The molecule has 0 radical (unpaired) electrons. The number of rotatable bonds is 14. The highest BCUT2D eigenvalue weighted by Crippen LogP contribution is 2.14. The monoisotopic (exact) mass is 522 g/mol. The molecular formula is C33H34N2O4. The number of hydrogen-bond donors (Lipinski definition) is 2. The second-order valence-corrected chi connectivity index (χ2v) is 9.08. The van der Waals surface area contributed by atoms with Crippen molar-refractivity contribution in [1.29, 1.82) is 0 Å². The van der Waals surface area contributed by atoms with Crippen LogP contribution in [0.3, 0.4) is 0 Å². The fraction of sp³-hybridized carbons (Fsp3) is 0.212. The van der Waals surface area contributed by atoms with E-state index in [2.05, 4.69) is 34.9 Å². The number of ether oxygens (including phenoxy) is 2. The molecule has 2 N–H and O–H groups in total. The van der Waals surface area contributed by atoms with Crippen molar-refractivity contribution in [3.8, 4) is 11.5 Å². The van der Waals surface area contributed by atoms with Gasteiger partial charge in [-0.3, -0.25) is 9.59 Å². The van der Waals surface area contributed by atoms with Crippen LogP contribution in [0.4, 0.5) is 0 Å². The summed E-state index contributed by atoms with van der Waals surface area (Å²) in [6.07, 6.45) is 2.28. The Morgan fingerprint density at radius 1 is 0.513 bits per heavy atom. The fourth-order valence-corrected chi connectivity index (χ4v) is 3.96. The summed E-state index contributed by atoms with van der Waals surface area (Å²) in [7, 11) is 0. The second kappa shape index (κ2) is 15.0. The van der Waals surface area contributed by atoms with Crippen LogP contribution in [0.5, 0.6) is 11.5 Å². The molecular weight excluding hydrogens is 488 g/mol. The summed E-state index contributed by atoms with van der Waals surface area (Å²) >= 11 is 0. The first-order valence-electron chi connectivity index (χ1n) is 13.3. The van der Waals surface area contributed by atoms with E-state index in [9.17, 15) is 9.59 Å². The molecule has 0 bridgehead atoms. The van der Waals surface area contributed by atoms with Gasteiger partial charge in [0.25, 0.3) is 11.8 Å². The number of carbonyl (C=O) groups excluding carboxylic acids is 2. The standard InChI is InChI=1S/C33H34N2O4/c36-32(28-12-16-30(17-13-28)38-24-20-26-8-3-1-4-9-26)34-22-7-23-35-33(37)29-14-18-31(19-15-29)39-25-21-27-10-5-2-6-11-27/h1-6,8-19H,7,20-25H2,(H,34,36)(H,35,37). The molecule has 0 saturated carbocycles. The Kier molecular flexibility index (Phi) is 10.5. The number of hydrogen-bond acceptors (Lipinski definition) is 4. The normalized spacial score (nSPS) is 10.5. The summed E-state index contributed by atoms with van der Waals surface area (Å²) in [5, 5.41) is 5.78. The maximum absolute atomic E-state index is 12.4. The van der Waals surface area contributed by atoms with Gasteiger partial charge in [0, 0.05) is 37.1 Å². The van der Waals surface area contributed by atoms with Crippen LogP contribution in [0.25, 0.3) is 0 Å². The molecule has 0 heterocycles. The lowest BCUT2D eigenvalue weighted by Gasteiger charge is -2.09. The lowest BCUT2D eigenvalue weighted by Crippen LogP contribution is -2.29. The third-order valence-corrected chi connectivity index (χ3v) is 6.16. The smallest absolute Gasteiger partial charge is 0.251 e. The molecule has 0 fully saturated rings. The van der Waals surface area contributed by atoms with Crippen LogP contribution in [-0.4, -0.2) is 38.1 Å². The van der Waals surface area contributed by atoms with Crippen LogP contribution in [0.1, 0.15) is 38.3 Å². The van der Waals surface area contributed by atoms with Crippen molar-refractivity contribution >= 4 is 11.8 Å². The van der Waals surface area contributed by atoms with E-state index in [4.69, 9.17) is 9.47 Å². The lowest BCUT2D eigenvalue weighted by atomic mass is 10.2. The zero-order valence-electron chi connectivity index (χ0n) is 22.0. The second-order valence-electron chi connectivity index (χ2n) is 9.08. The predicted molar refractivity (Wildman–Crippen MR) is 153 cm³/mol. The van der Waals surface area contributed by atoms with Gasteiger partial charge in [-0.2, -0.15) is 0 Å². The average Bonchev–Trinajstić information content (AvgIpc) is 2.98. The molecule has 0 aliphatic carbocycles. The molecule has 4 aromatic rings. The van der Waals surface area contributed by atoms with Crippen LogP contribution in [-0.2, 0) is 12.8 Å². The molecule has 6 heteroatoms. The van der Waals surface area contributed by atoms with Gasteiger partial charge in [-0.15, -0.1) is 0 Å². The lowest BCUT2D eigenvalue weighted by molar-refractivity contribution is 0.0951. The van der Waals surface area contributed by atoms with Gasteiger partial charge in [-0.25, -0.2) is 0 Å². The van der Waals surface area contributed by atoms with E-state index in [-0.39, 0.29) is 11.8 Å². The van der Waals surface area contributed by atoms with Gasteiger partial charge in [0.15, 0.2) is 0 Å². The van der Waals surface area contributed by atoms with Crippen molar-refractivity contribution in [2.75, 3.05) is 26.3 Å². The minimum absolute atomic E-state index is 0.153. The van der Waals surface area contributed by atoms with Gasteiger partial charge in [-0.05, 0) is 66.1 Å². The predicted octanol–water partition coefficient (Wildman–Crippen LogP) is 5.48. The molecule has 4 rings (SSSR count). The van der Waals surface area contributed by atoms with Crippen LogP contribution in [0.2, 0.25) is 0 Å². The Labute approximate surface area is 230 Å². The van der Waals surface area contributed by atoms with E-state index in [1.54, 1.807) is 48.5 Å². The van der Waals surface area contributed by atoms with E-state index in [1.165, 1.54) is 11.1 Å². The van der Waals surface area contributed by atoms with Gasteiger partial charge in [0.05, 0.1) is 13.2 Å². The molecule has 0 unspecified atom stereocenters. The third-order valence-electron chi connectivity index (χ3n) is 6.16. The minimum Gasteiger partial charge on any atom is -0.493 e. The number of benzene rings is 4. The average molecular weight is 523 g/mol. The SMILES string of the molecule is O=C(NCCCNC(=O)c1ccc(OCCc2ccccc2)cc1)c1ccc(OCCc2ccccc2)cc1. The first-order valence-corrected chi connectivity index (χ1v) is 13.3. The molecule has 39 heavy (non-hydrogen) atoms. The maximum Gasteiger partial charge on any atom is 0.251 e. The minimum atomic E-state index is -0.153. The van der Waals surface area contributed by atoms with Gasteiger partial charge < -0.3 is 20.1 Å². The first kappa shape index (κ1) is 27.5. The highest BCUT2D eigenvalue weighted by molar-refractivity contribution is 5.94. The van der Waals surface area contributed by atoms with Crippen molar-refractivity contribution in [3.05, 3.63) is 131 Å². The Bertz CT molecular complexity index is 1190. The molecule has 200 valence electrons. The van der Waals surface area contributed by atoms with Crippen LogP contribution < -0.4 is 20.1 Å². The Hall–Kier alpha value is -4.58. The van der Waals surface area contributed by atoms with Crippen molar-refractivity contribution in [2.45, 2.75) is 19.3 Å². The number of nitrogens with one attached hydrogen (secondary N) is 2. The zero-order chi connectivity index (χ0) is 27.1. The molecule has 2 amide bonds. The van der Waals surface area contributed by atoms with Crippen molar-refractivity contribution in [3.63, 3.8) is 0 Å². The summed E-state index contributed by atoms with van der Waals surface area (Å²) < 4.78 is 11.6. The highest BCUT2D eigenvalue weighted by atomic mass is 16.5. The molecule has 0 aliphatic heterocycles. The topological polar surface area (TPSA) is 76.7 Å². The van der Waals surface area contributed by atoms with Gasteiger partial charge >= 0.3 is 0 Å². The summed E-state index contributed by atoms with van der Waals surface area (Å²) in [4.78, 5) is 24.8. The molecule has 0 aromatic heterocycles. The Morgan fingerprint density at radius 3 is 1.28 bits per heavy atom. The summed E-state index contributed by atoms with van der Waals surface area (Å²) in [5.41, 5.74) is 3.59. The fourth-order valence-electron chi connectivity index (χ4n) is 3.96. The van der Waals surface area contributed by atoms with Crippen molar-refractivity contribution < 1.29 is 19.1 Å². The molecule has 0 atom stereocenters. The van der Waals surface area contributed by atoms with Gasteiger partial charge in [0.2, 0.25) is 0 Å². The van der Waals surface area contributed by atoms with E-state index >= 15 is 0 Å². The van der Waals surface area contributed by atoms with Crippen molar-refractivity contribution in [1.82, 2.24) is 10.6 Å². The number of amides is 2. The highest BCUT2D eigenvalue weighted by Gasteiger charge is 2.07. The van der Waals surface area contributed by atoms with Crippen LogP contribution >= 0.6 is 0 Å². The summed E-state index contributed by atoms with van der Waals surface area (Å²) in [5.74, 6) is 1.16. The Morgan fingerprint density at radius 2 is 0.897 bits per heavy atom. The van der Waals surface area contributed by atoms with Crippen LogP contribution in [0.15, 0.2) is 109 Å². The number of carbonyl (C=O) groups is 2. The van der Waals surface area contributed by atoms with E-state index in [0.717, 1.165) is 24.3 Å². The molecule has 0 saturated heterocycles. The van der Waals surface area contributed by atoms with Gasteiger partial charge in [0.1, 0.15) is 11.5 Å². The molecule has 0 aliphatic rings. The van der Waals surface area contributed by atoms with E-state index in [0.29, 0.717) is 43.9 Å². The van der Waals surface area contributed by atoms with Gasteiger partial charge in [-0.1, -0.05) is 60.7 Å². The van der Waals surface area contributed by atoms with E-state index < -0.39 is 0 Å². The quantitative estimate of drug-likeness (QED) is 0.215. The summed E-state index contributed by atoms with van der Waals surface area (Å²) in [6.45, 7) is 2.08. The summed E-state index contributed by atoms with van der Waals surface area (Å²) in [6, 6.07) is 34.6. The largest absolute Gasteiger partial charge is 0.493 e. The first-order chi connectivity index (χ1) is 19.2. The van der Waals surface area contributed by atoms with Crippen molar-refractivity contribution in [2.24, 2.45) is 0 Å². The zero-order valence-corrected chi connectivity index (χ0v) is 22.0.